The van der Waals surface area contributed by atoms with Crippen molar-refractivity contribution >= 4 is 40.0 Å². The van der Waals surface area contributed by atoms with Gasteiger partial charge in [-0.3, -0.25) is 10.1 Å². The van der Waals surface area contributed by atoms with E-state index in [0.29, 0.717) is 30.7 Å². The lowest BCUT2D eigenvalue weighted by molar-refractivity contribution is 0.209. The molecule has 0 fully saturated rings. The number of nitrogens with one attached hydrogen (secondary N) is 2. The Labute approximate surface area is 158 Å². The van der Waals surface area contributed by atoms with E-state index in [-0.39, 0.29) is 5.95 Å². The molecule has 1 aromatic heterocycles. The zero-order chi connectivity index (χ0) is 19.0. The van der Waals surface area contributed by atoms with Crippen LogP contribution in [0.3, 0.4) is 0 Å². The van der Waals surface area contributed by atoms with Crippen LogP contribution in [0.25, 0.3) is 22.2 Å². The normalized spacial score (nSPS) is 13.6. The molecule has 1 aliphatic rings. The quantitative estimate of drug-likeness (QED) is 0.457. The van der Waals surface area contributed by atoms with Gasteiger partial charge < -0.3 is 19.7 Å². The van der Waals surface area contributed by atoms with E-state index in [2.05, 4.69) is 15.3 Å². The van der Waals surface area contributed by atoms with Crippen molar-refractivity contribution in [2.75, 3.05) is 18.5 Å². The van der Waals surface area contributed by atoms with Gasteiger partial charge in [0, 0.05) is 5.56 Å². The second-order valence-corrected chi connectivity index (χ2v) is 6.42. The number of carbonyl (C=O) groups excluding carboxylic acids is 1. The fraction of sp³-hybridized carbons (Fsp3) is 0.167. The van der Waals surface area contributed by atoms with E-state index in [1.807, 2.05) is 36.4 Å². The summed E-state index contributed by atoms with van der Waals surface area (Å²) >= 11 is 5.63. The number of benzene rings is 2. The second kappa shape index (κ2) is 6.81. The standard InChI is InChI=1S/C18H15ClN4O4/c19-16(24)23-5-6-27-15-4-2-10(7-12(15)9-23)11-1-3-13-14(8-11)21-17(20-13)22-18(25)26/h1-4,7-8H,5-6,9H2,(H,25,26)(H2,20,21,22). The van der Waals surface area contributed by atoms with Gasteiger partial charge in [0.15, 0.2) is 0 Å². The average Bonchev–Trinajstić information content (AvgIpc) is 2.88. The van der Waals surface area contributed by atoms with Crippen molar-refractivity contribution in [1.82, 2.24) is 14.9 Å². The number of amides is 2. The van der Waals surface area contributed by atoms with Crippen LogP contribution in [0.15, 0.2) is 36.4 Å². The highest BCUT2D eigenvalue weighted by molar-refractivity contribution is 6.62. The first-order valence-electron chi connectivity index (χ1n) is 8.20. The average molecular weight is 387 g/mol. The zero-order valence-electron chi connectivity index (χ0n) is 14.0. The van der Waals surface area contributed by atoms with Gasteiger partial charge in [0.25, 0.3) is 0 Å². The number of carboxylic acid groups (broad SMARTS) is 1. The predicted molar refractivity (Wildman–Crippen MR) is 100 cm³/mol. The number of anilines is 1. The van der Waals surface area contributed by atoms with Crippen molar-refractivity contribution in [1.29, 1.82) is 0 Å². The van der Waals surface area contributed by atoms with Gasteiger partial charge in [0.1, 0.15) is 12.4 Å². The molecule has 0 saturated heterocycles. The van der Waals surface area contributed by atoms with E-state index in [0.717, 1.165) is 22.4 Å². The zero-order valence-corrected chi connectivity index (χ0v) is 14.8. The number of hydrogen-bond acceptors (Lipinski definition) is 4. The number of aromatic amines is 1. The maximum Gasteiger partial charge on any atom is 0.411 e. The number of hydrogen-bond donors (Lipinski definition) is 3. The third kappa shape index (κ3) is 3.52. The molecular weight excluding hydrogens is 372 g/mol. The number of ether oxygens (including phenoxy) is 1. The molecule has 2 amide bonds. The highest BCUT2D eigenvalue weighted by Gasteiger charge is 2.19. The Morgan fingerprint density at radius 2 is 2.00 bits per heavy atom. The molecule has 27 heavy (non-hydrogen) atoms. The van der Waals surface area contributed by atoms with E-state index >= 15 is 0 Å². The van der Waals surface area contributed by atoms with Crippen LogP contribution in [0.1, 0.15) is 5.56 Å². The SMILES string of the molecule is O=C(O)Nc1nc2ccc(-c3ccc4c(c3)CN(C(=O)Cl)CCO4)cc2[nH]1. The maximum atomic E-state index is 11.5. The summed E-state index contributed by atoms with van der Waals surface area (Å²) in [5.41, 5.74) is 4.09. The highest BCUT2D eigenvalue weighted by atomic mass is 35.5. The summed E-state index contributed by atoms with van der Waals surface area (Å²) in [4.78, 5) is 30.9. The molecule has 1 aliphatic heterocycles. The summed E-state index contributed by atoms with van der Waals surface area (Å²) in [7, 11) is 0. The molecular formula is C18H15ClN4O4. The summed E-state index contributed by atoms with van der Waals surface area (Å²) < 4.78 is 5.70. The molecule has 3 aromatic rings. The molecule has 2 heterocycles. The van der Waals surface area contributed by atoms with Gasteiger partial charge in [-0.05, 0) is 47.0 Å². The molecule has 0 bridgehead atoms. The molecule has 0 unspecified atom stereocenters. The number of rotatable bonds is 2. The molecule has 2 aromatic carbocycles. The molecule has 0 aliphatic carbocycles. The minimum atomic E-state index is -1.18. The van der Waals surface area contributed by atoms with Crippen LogP contribution >= 0.6 is 11.6 Å². The van der Waals surface area contributed by atoms with Gasteiger partial charge in [-0.2, -0.15) is 0 Å². The molecule has 9 heteroatoms. The third-order valence-corrected chi connectivity index (χ3v) is 4.57. The maximum absolute atomic E-state index is 11.5. The Bertz CT molecular complexity index is 1050. The fourth-order valence-corrected chi connectivity index (χ4v) is 3.22. The fourth-order valence-electron chi connectivity index (χ4n) is 3.07. The summed E-state index contributed by atoms with van der Waals surface area (Å²) in [6.45, 7) is 1.21. The van der Waals surface area contributed by atoms with Crippen molar-refractivity contribution in [3.05, 3.63) is 42.0 Å². The van der Waals surface area contributed by atoms with Gasteiger partial charge >= 0.3 is 11.5 Å². The number of H-pyrrole nitrogens is 1. The Morgan fingerprint density at radius 3 is 2.78 bits per heavy atom. The molecule has 0 saturated carbocycles. The summed E-state index contributed by atoms with van der Waals surface area (Å²) in [5.74, 6) is 0.899. The molecule has 0 spiro atoms. The number of fused-ring (bicyclic) bond motifs is 2. The highest BCUT2D eigenvalue weighted by Crippen LogP contribution is 2.31. The van der Waals surface area contributed by atoms with Crippen LogP contribution in [0.2, 0.25) is 0 Å². The number of nitrogens with zero attached hydrogens (tertiary/aromatic N) is 2. The minimum absolute atomic E-state index is 0.168. The van der Waals surface area contributed by atoms with Gasteiger partial charge in [-0.15, -0.1) is 0 Å². The number of imidazole rings is 1. The van der Waals surface area contributed by atoms with E-state index in [4.69, 9.17) is 21.4 Å². The molecule has 138 valence electrons. The van der Waals surface area contributed by atoms with Gasteiger partial charge in [0.05, 0.1) is 24.1 Å². The van der Waals surface area contributed by atoms with Crippen molar-refractivity contribution in [2.45, 2.75) is 6.54 Å². The molecule has 8 nitrogen and oxygen atoms in total. The Kier molecular flexibility index (Phi) is 4.33. The van der Waals surface area contributed by atoms with Crippen LogP contribution in [-0.2, 0) is 6.54 Å². The van der Waals surface area contributed by atoms with Crippen LogP contribution in [0.4, 0.5) is 15.5 Å². The first-order valence-corrected chi connectivity index (χ1v) is 8.57. The van der Waals surface area contributed by atoms with E-state index in [1.165, 1.54) is 4.90 Å². The van der Waals surface area contributed by atoms with E-state index in [1.54, 1.807) is 0 Å². The van der Waals surface area contributed by atoms with Crippen molar-refractivity contribution in [3.8, 4) is 16.9 Å². The van der Waals surface area contributed by atoms with Gasteiger partial charge in [0.2, 0.25) is 5.95 Å². The minimum Gasteiger partial charge on any atom is -0.491 e. The van der Waals surface area contributed by atoms with Crippen LogP contribution < -0.4 is 10.1 Å². The Balaban J connectivity index is 1.69. The van der Waals surface area contributed by atoms with Crippen LogP contribution in [0.5, 0.6) is 5.75 Å². The Hall–Kier alpha value is -3.26. The molecule has 4 rings (SSSR count). The summed E-state index contributed by atoms with van der Waals surface area (Å²) in [6.07, 6.45) is -1.18. The molecule has 0 atom stereocenters. The third-order valence-electron chi connectivity index (χ3n) is 4.33. The Morgan fingerprint density at radius 1 is 1.22 bits per heavy atom. The molecule has 3 N–H and O–H groups in total. The summed E-state index contributed by atoms with van der Waals surface area (Å²) in [6, 6.07) is 11.4. The van der Waals surface area contributed by atoms with Crippen molar-refractivity contribution < 1.29 is 19.4 Å². The van der Waals surface area contributed by atoms with E-state index < -0.39 is 11.5 Å². The lowest BCUT2D eigenvalue weighted by Gasteiger charge is -2.16. The van der Waals surface area contributed by atoms with E-state index in [9.17, 15) is 9.59 Å². The lowest BCUT2D eigenvalue weighted by Crippen LogP contribution is -2.27. The lowest BCUT2D eigenvalue weighted by atomic mass is 10.0. The molecule has 0 radical (unpaired) electrons. The largest absolute Gasteiger partial charge is 0.491 e. The number of carbonyl (C=O) groups is 2. The predicted octanol–water partition coefficient (Wildman–Crippen LogP) is 3.87. The van der Waals surface area contributed by atoms with Crippen molar-refractivity contribution in [3.63, 3.8) is 0 Å². The van der Waals surface area contributed by atoms with Gasteiger partial charge in [-0.25, -0.2) is 9.78 Å². The van der Waals surface area contributed by atoms with Gasteiger partial charge in [-0.1, -0.05) is 12.1 Å². The topological polar surface area (TPSA) is 108 Å². The van der Waals surface area contributed by atoms with Crippen LogP contribution in [-0.4, -0.2) is 44.6 Å². The number of halogens is 1. The van der Waals surface area contributed by atoms with Crippen molar-refractivity contribution in [2.24, 2.45) is 0 Å². The smallest absolute Gasteiger partial charge is 0.411 e. The number of aromatic nitrogens is 2. The first-order chi connectivity index (χ1) is 13.0. The second-order valence-electron chi connectivity index (χ2n) is 6.09. The van der Waals surface area contributed by atoms with Crippen LogP contribution in [0, 0.1) is 0 Å². The first kappa shape index (κ1) is 17.2. The monoisotopic (exact) mass is 386 g/mol. The summed E-state index contributed by atoms with van der Waals surface area (Å²) in [5, 5.41) is 10.5.